The van der Waals surface area contributed by atoms with Crippen molar-refractivity contribution < 1.29 is 4.79 Å². The third-order valence-corrected chi connectivity index (χ3v) is 4.02. The highest BCUT2D eigenvalue weighted by molar-refractivity contribution is 5.93. The largest absolute Gasteiger partial charge is 0.346 e. The summed E-state index contributed by atoms with van der Waals surface area (Å²) in [5.74, 6) is 0.0410. The number of carbonyl (C=O) groups is 1. The van der Waals surface area contributed by atoms with Gasteiger partial charge in [-0.2, -0.15) is 4.98 Å². The fraction of sp³-hybridized carbons (Fsp3) is 0.200. The van der Waals surface area contributed by atoms with Crippen molar-refractivity contribution in [2.45, 2.75) is 26.3 Å². The number of hydrogen-bond donors (Lipinski definition) is 2. The molecule has 0 aliphatic heterocycles. The van der Waals surface area contributed by atoms with Crippen molar-refractivity contribution in [2.75, 3.05) is 0 Å². The normalized spacial score (nSPS) is 10.7. The Hall–Kier alpha value is -3.28. The van der Waals surface area contributed by atoms with Crippen LogP contribution < -0.4 is 11.0 Å². The average Bonchev–Trinajstić information content (AvgIpc) is 2.66. The molecule has 0 saturated heterocycles. The molecule has 3 aromatic rings. The minimum absolute atomic E-state index is 0.170. The van der Waals surface area contributed by atoms with Crippen molar-refractivity contribution in [1.29, 1.82) is 0 Å². The topological polar surface area (TPSA) is 87.7 Å². The molecule has 0 aliphatic rings. The number of H-pyrrole nitrogens is 1. The van der Waals surface area contributed by atoms with E-state index in [1.807, 2.05) is 42.5 Å². The van der Waals surface area contributed by atoms with Crippen molar-refractivity contribution in [3.05, 3.63) is 82.2 Å². The Bertz CT molecular complexity index is 948. The lowest BCUT2D eigenvalue weighted by Gasteiger charge is -2.08. The fourth-order valence-electron chi connectivity index (χ4n) is 2.54. The predicted molar refractivity (Wildman–Crippen MR) is 99.8 cm³/mol. The van der Waals surface area contributed by atoms with Gasteiger partial charge in [0.05, 0.1) is 17.9 Å². The van der Waals surface area contributed by atoms with Gasteiger partial charge in [0.1, 0.15) is 5.69 Å². The molecule has 2 aromatic heterocycles. The molecule has 2 heterocycles. The van der Waals surface area contributed by atoms with Crippen LogP contribution >= 0.6 is 0 Å². The first-order chi connectivity index (χ1) is 12.5. The van der Waals surface area contributed by atoms with Crippen LogP contribution in [0.4, 0.5) is 0 Å². The van der Waals surface area contributed by atoms with E-state index in [0.29, 0.717) is 11.6 Å². The van der Waals surface area contributed by atoms with Crippen LogP contribution in [-0.2, 0) is 6.54 Å². The molecule has 0 atom stereocenters. The van der Waals surface area contributed by atoms with Gasteiger partial charge in [-0.25, -0.2) is 4.79 Å². The van der Waals surface area contributed by atoms with Gasteiger partial charge < -0.3 is 10.3 Å². The second-order valence-corrected chi connectivity index (χ2v) is 6.27. The lowest BCUT2D eigenvalue weighted by atomic mass is 10.0. The SMILES string of the molecule is CC(C)c1ccc(-c2cc(C(=O)NCc3ccccn3)[nH]c(=O)n2)cc1. The molecular weight excluding hydrogens is 328 g/mol. The number of rotatable bonds is 5. The second-order valence-electron chi connectivity index (χ2n) is 6.27. The Morgan fingerprint density at radius 2 is 1.92 bits per heavy atom. The van der Waals surface area contributed by atoms with Crippen molar-refractivity contribution in [2.24, 2.45) is 0 Å². The second kappa shape index (κ2) is 7.74. The maximum absolute atomic E-state index is 12.4. The first-order valence-corrected chi connectivity index (χ1v) is 8.43. The Morgan fingerprint density at radius 3 is 2.58 bits per heavy atom. The summed E-state index contributed by atoms with van der Waals surface area (Å²) < 4.78 is 0. The van der Waals surface area contributed by atoms with Gasteiger partial charge in [-0.1, -0.05) is 44.2 Å². The molecule has 1 aromatic carbocycles. The number of aromatic amines is 1. The van der Waals surface area contributed by atoms with E-state index in [-0.39, 0.29) is 18.1 Å². The third kappa shape index (κ3) is 4.22. The van der Waals surface area contributed by atoms with Crippen LogP contribution in [0.5, 0.6) is 0 Å². The van der Waals surface area contributed by atoms with Gasteiger partial charge in [-0.3, -0.25) is 9.78 Å². The molecule has 6 nitrogen and oxygen atoms in total. The van der Waals surface area contributed by atoms with E-state index in [1.165, 1.54) is 5.56 Å². The maximum atomic E-state index is 12.4. The highest BCUT2D eigenvalue weighted by atomic mass is 16.2. The molecule has 0 radical (unpaired) electrons. The van der Waals surface area contributed by atoms with E-state index in [9.17, 15) is 9.59 Å². The minimum Gasteiger partial charge on any atom is -0.345 e. The van der Waals surface area contributed by atoms with E-state index in [1.54, 1.807) is 12.3 Å². The number of aromatic nitrogens is 3. The standard InChI is InChI=1S/C20H20N4O2/c1-13(2)14-6-8-15(9-7-14)17-11-18(24-20(26)23-17)19(25)22-12-16-5-3-4-10-21-16/h3-11,13H,12H2,1-2H3,(H,22,25)(H,23,24,26). The number of nitrogens with zero attached hydrogens (tertiary/aromatic N) is 2. The molecule has 0 unspecified atom stereocenters. The summed E-state index contributed by atoms with van der Waals surface area (Å²) >= 11 is 0. The average molecular weight is 348 g/mol. The van der Waals surface area contributed by atoms with Crippen LogP contribution in [-0.4, -0.2) is 20.9 Å². The Morgan fingerprint density at radius 1 is 1.15 bits per heavy atom. The van der Waals surface area contributed by atoms with Crippen LogP contribution in [0.15, 0.2) is 59.5 Å². The van der Waals surface area contributed by atoms with Crippen LogP contribution in [0.2, 0.25) is 0 Å². The van der Waals surface area contributed by atoms with Crippen LogP contribution in [0.3, 0.4) is 0 Å². The molecule has 132 valence electrons. The van der Waals surface area contributed by atoms with Gasteiger partial charge in [-0.15, -0.1) is 0 Å². The first-order valence-electron chi connectivity index (χ1n) is 8.43. The molecule has 0 fully saturated rings. The fourth-order valence-corrected chi connectivity index (χ4v) is 2.54. The number of carbonyl (C=O) groups excluding carboxylic acids is 1. The molecule has 6 heteroatoms. The van der Waals surface area contributed by atoms with Gasteiger partial charge in [0.25, 0.3) is 5.91 Å². The van der Waals surface area contributed by atoms with Gasteiger partial charge in [-0.05, 0) is 29.7 Å². The Balaban J connectivity index is 1.80. The zero-order valence-corrected chi connectivity index (χ0v) is 14.7. The zero-order valence-electron chi connectivity index (χ0n) is 14.7. The highest BCUT2D eigenvalue weighted by Gasteiger charge is 2.11. The number of nitrogens with one attached hydrogen (secondary N) is 2. The van der Waals surface area contributed by atoms with Crippen LogP contribution in [0, 0.1) is 0 Å². The smallest absolute Gasteiger partial charge is 0.345 e. The van der Waals surface area contributed by atoms with Crippen LogP contribution in [0.25, 0.3) is 11.3 Å². The molecule has 0 spiro atoms. The van der Waals surface area contributed by atoms with Gasteiger partial charge in [0.2, 0.25) is 0 Å². The summed E-state index contributed by atoms with van der Waals surface area (Å²) in [5, 5.41) is 2.75. The molecule has 0 bridgehead atoms. The van der Waals surface area contributed by atoms with Crippen molar-refractivity contribution in [3.63, 3.8) is 0 Å². The summed E-state index contributed by atoms with van der Waals surface area (Å²) in [6.07, 6.45) is 1.66. The molecule has 0 aliphatic carbocycles. The number of pyridine rings is 1. The molecule has 3 rings (SSSR count). The molecule has 0 saturated carbocycles. The van der Waals surface area contributed by atoms with Gasteiger partial charge >= 0.3 is 5.69 Å². The molecule has 26 heavy (non-hydrogen) atoms. The van der Waals surface area contributed by atoms with Gasteiger partial charge in [0, 0.05) is 11.8 Å². The van der Waals surface area contributed by atoms with Crippen molar-refractivity contribution in [3.8, 4) is 11.3 Å². The summed E-state index contributed by atoms with van der Waals surface area (Å²) in [5.41, 5.74) is 2.81. The summed E-state index contributed by atoms with van der Waals surface area (Å²) in [6, 6.07) is 14.9. The molecular formula is C20H20N4O2. The van der Waals surface area contributed by atoms with Crippen LogP contribution in [0.1, 0.15) is 41.5 Å². The lowest BCUT2D eigenvalue weighted by Crippen LogP contribution is -2.27. The highest BCUT2D eigenvalue weighted by Crippen LogP contribution is 2.20. The Labute approximate surface area is 151 Å². The van der Waals surface area contributed by atoms with E-state index in [0.717, 1.165) is 11.3 Å². The van der Waals surface area contributed by atoms with E-state index < -0.39 is 5.69 Å². The quantitative estimate of drug-likeness (QED) is 0.742. The number of amides is 1. The van der Waals surface area contributed by atoms with Gasteiger partial charge in [0.15, 0.2) is 0 Å². The van der Waals surface area contributed by atoms with E-state index >= 15 is 0 Å². The molecule has 2 N–H and O–H groups in total. The Kier molecular flexibility index (Phi) is 5.22. The number of benzene rings is 1. The minimum atomic E-state index is -0.557. The number of hydrogen-bond acceptors (Lipinski definition) is 4. The third-order valence-electron chi connectivity index (χ3n) is 4.02. The predicted octanol–water partition coefficient (Wildman–Crippen LogP) is 2.89. The van der Waals surface area contributed by atoms with E-state index in [4.69, 9.17) is 0 Å². The maximum Gasteiger partial charge on any atom is 0.346 e. The monoisotopic (exact) mass is 348 g/mol. The van der Waals surface area contributed by atoms with E-state index in [2.05, 4.69) is 34.1 Å². The summed E-state index contributed by atoms with van der Waals surface area (Å²) in [7, 11) is 0. The summed E-state index contributed by atoms with van der Waals surface area (Å²) in [4.78, 5) is 34.8. The zero-order chi connectivity index (χ0) is 18.5. The molecule has 1 amide bonds. The van der Waals surface area contributed by atoms with Crippen molar-refractivity contribution in [1.82, 2.24) is 20.3 Å². The lowest BCUT2D eigenvalue weighted by molar-refractivity contribution is 0.0945. The summed E-state index contributed by atoms with van der Waals surface area (Å²) in [6.45, 7) is 4.51. The first kappa shape index (κ1) is 17.5. The van der Waals surface area contributed by atoms with Crippen molar-refractivity contribution >= 4 is 5.91 Å².